The molecule has 0 fully saturated rings. The van der Waals surface area contributed by atoms with E-state index in [4.69, 9.17) is 0 Å². The molecule has 2 aromatic rings. The minimum Gasteiger partial charge on any atom is -0.263 e. The minimum absolute atomic E-state index is 1.21. The first-order valence-corrected chi connectivity index (χ1v) is 4.44. The van der Waals surface area contributed by atoms with Crippen LogP contribution in [0.2, 0.25) is 0 Å². The van der Waals surface area contributed by atoms with Crippen LogP contribution in [0.25, 0.3) is 10.8 Å². The summed E-state index contributed by atoms with van der Waals surface area (Å²) in [4.78, 5) is 4.10. The monoisotopic (exact) mass is 255 g/mol. The van der Waals surface area contributed by atoms with E-state index in [1.54, 1.807) is 0 Å². The Morgan fingerprint density at radius 3 is 2.73 bits per heavy atom. The highest BCUT2D eigenvalue weighted by Gasteiger charge is 1.94. The van der Waals surface area contributed by atoms with E-state index >= 15 is 0 Å². The van der Waals surface area contributed by atoms with Gasteiger partial charge in [-0.2, -0.15) is 0 Å². The van der Waals surface area contributed by atoms with Gasteiger partial charge in [-0.15, -0.1) is 0 Å². The molecule has 0 N–H and O–H groups in total. The second-order valence-corrected chi connectivity index (χ2v) is 3.50. The Kier molecular flexibility index (Phi) is 1.77. The number of pyridine rings is 1. The standard InChI is InChI=1S/C9H6IN/c10-9-6-11-5-7-3-1-2-4-8(7)9/h1-6H. The molecule has 0 unspecified atom stereocenters. The lowest BCUT2D eigenvalue weighted by molar-refractivity contribution is 1.35. The number of fused-ring (bicyclic) bond motifs is 1. The van der Waals surface area contributed by atoms with Gasteiger partial charge in [0, 0.05) is 21.4 Å². The number of hydrogen-bond donors (Lipinski definition) is 0. The smallest absolute Gasteiger partial charge is 0.0408 e. The molecule has 1 aromatic heterocycles. The summed E-state index contributed by atoms with van der Waals surface area (Å²) in [6.45, 7) is 0. The van der Waals surface area contributed by atoms with Crippen molar-refractivity contribution < 1.29 is 0 Å². The lowest BCUT2D eigenvalue weighted by Crippen LogP contribution is -1.78. The third kappa shape index (κ3) is 1.22. The van der Waals surface area contributed by atoms with Gasteiger partial charge in [-0.25, -0.2) is 0 Å². The van der Waals surface area contributed by atoms with Gasteiger partial charge in [-0.05, 0) is 28.0 Å². The average Bonchev–Trinajstić information content (AvgIpc) is 2.06. The molecule has 0 amide bonds. The van der Waals surface area contributed by atoms with Gasteiger partial charge < -0.3 is 0 Å². The first-order chi connectivity index (χ1) is 5.38. The van der Waals surface area contributed by atoms with Crippen molar-refractivity contribution in [2.24, 2.45) is 0 Å². The summed E-state index contributed by atoms with van der Waals surface area (Å²) in [7, 11) is 0. The Morgan fingerprint density at radius 1 is 1.09 bits per heavy atom. The van der Waals surface area contributed by atoms with Crippen molar-refractivity contribution in [3.63, 3.8) is 0 Å². The minimum atomic E-state index is 1.21. The normalized spacial score (nSPS) is 10.3. The summed E-state index contributed by atoms with van der Waals surface area (Å²) >= 11 is 2.30. The van der Waals surface area contributed by atoms with Crippen LogP contribution < -0.4 is 0 Å². The predicted octanol–water partition coefficient (Wildman–Crippen LogP) is 2.84. The molecule has 0 saturated carbocycles. The SMILES string of the molecule is Ic1cncc2ccccc12. The van der Waals surface area contributed by atoms with Crippen LogP contribution in [0, 0.1) is 3.57 Å². The molecule has 0 saturated heterocycles. The maximum atomic E-state index is 4.10. The number of hydrogen-bond acceptors (Lipinski definition) is 1. The molecule has 2 rings (SSSR count). The van der Waals surface area contributed by atoms with Gasteiger partial charge in [0.15, 0.2) is 0 Å². The zero-order chi connectivity index (χ0) is 7.68. The fourth-order valence-corrected chi connectivity index (χ4v) is 1.73. The van der Waals surface area contributed by atoms with E-state index in [-0.39, 0.29) is 0 Å². The molecule has 1 heterocycles. The van der Waals surface area contributed by atoms with Crippen molar-refractivity contribution >= 4 is 33.4 Å². The molecule has 0 aliphatic rings. The van der Waals surface area contributed by atoms with Crippen LogP contribution in [0.15, 0.2) is 36.7 Å². The predicted molar refractivity (Wildman–Crippen MR) is 54.5 cm³/mol. The summed E-state index contributed by atoms with van der Waals surface area (Å²) < 4.78 is 1.21. The molecule has 1 nitrogen and oxygen atoms in total. The van der Waals surface area contributed by atoms with Gasteiger partial charge in [0.05, 0.1) is 0 Å². The Labute approximate surface area is 78.6 Å². The van der Waals surface area contributed by atoms with Crippen LogP contribution in [-0.4, -0.2) is 4.98 Å². The molecule has 0 bridgehead atoms. The largest absolute Gasteiger partial charge is 0.263 e. The van der Waals surface area contributed by atoms with Crippen LogP contribution in [0.1, 0.15) is 0 Å². The highest BCUT2D eigenvalue weighted by atomic mass is 127. The second kappa shape index (κ2) is 2.77. The van der Waals surface area contributed by atoms with Crippen molar-refractivity contribution in [2.45, 2.75) is 0 Å². The highest BCUT2D eigenvalue weighted by Crippen LogP contribution is 2.17. The first-order valence-electron chi connectivity index (χ1n) is 3.36. The fraction of sp³-hybridized carbons (Fsp3) is 0. The topological polar surface area (TPSA) is 12.9 Å². The fourth-order valence-electron chi connectivity index (χ4n) is 1.08. The number of halogens is 1. The molecule has 0 atom stereocenters. The van der Waals surface area contributed by atoms with Gasteiger partial charge in [0.2, 0.25) is 0 Å². The zero-order valence-corrected chi connectivity index (χ0v) is 7.95. The quantitative estimate of drug-likeness (QED) is 0.659. The molecule has 2 heteroatoms. The summed E-state index contributed by atoms with van der Waals surface area (Å²) in [5.74, 6) is 0. The Hall–Kier alpha value is -0.640. The summed E-state index contributed by atoms with van der Waals surface area (Å²) in [6, 6.07) is 8.26. The van der Waals surface area contributed by atoms with E-state index in [1.807, 2.05) is 24.5 Å². The number of aromatic nitrogens is 1. The van der Waals surface area contributed by atoms with Gasteiger partial charge in [-0.1, -0.05) is 24.3 Å². The third-order valence-corrected chi connectivity index (χ3v) is 2.48. The van der Waals surface area contributed by atoms with Crippen LogP contribution in [0.4, 0.5) is 0 Å². The molecule has 0 aliphatic heterocycles. The number of rotatable bonds is 0. The van der Waals surface area contributed by atoms with Gasteiger partial charge in [0.25, 0.3) is 0 Å². The number of benzene rings is 1. The summed E-state index contributed by atoms with van der Waals surface area (Å²) in [5, 5.41) is 2.49. The summed E-state index contributed by atoms with van der Waals surface area (Å²) in [6.07, 6.45) is 3.76. The molecule has 1 aromatic carbocycles. The van der Waals surface area contributed by atoms with Crippen LogP contribution in [0.3, 0.4) is 0 Å². The molecule has 0 spiro atoms. The molecular formula is C9H6IN. The van der Waals surface area contributed by atoms with Crippen LogP contribution in [0.5, 0.6) is 0 Å². The molecule has 0 radical (unpaired) electrons. The lowest BCUT2D eigenvalue weighted by atomic mass is 10.2. The lowest BCUT2D eigenvalue weighted by Gasteiger charge is -1.96. The highest BCUT2D eigenvalue weighted by molar-refractivity contribution is 14.1. The van der Waals surface area contributed by atoms with Crippen molar-refractivity contribution in [3.05, 3.63) is 40.2 Å². The second-order valence-electron chi connectivity index (χ2n) is 2.34. The van der Waals surface area contributed by atoms with Crippen LogP contribution >= 0.6 is 22.6 Å². The van der Waals surface area contributed by atoms with E-state index in [2.05, 4.69) is 39.7 Å². The van der Waals surface area contributed by atoms with Crippen molar-refractivity contribution in [2.75, 3.05) is 0 Å². The summed E-state index contributed by atoms with van der Waals surface area (Å²) in [5.41, 5.74) is 0. The van der Waals surface area contributed by atoms with Crippen LogP contribution in [-0.2, 0) is 0 Å². The van der Waals surface area contributed by atoms with Crippen molar-refractivity contribution in [1.82, 2.24) is 4.98 Å². The Balaban J connectivity index is 2.91. The van der Waals surface area contributed by atoms with E-state index in [9.17, 15) is 0 Å². The third-order valence-electron chi connectivity index (χ3n) is 1.62. The van der Waals surface area contributed by atoms with E-state index in [0.29, 0.717) is 0 Å². The van der Waals surface area contributed by atoms with Gasteiger partial charge in [-0.3, -0.25) is 4.98 Å². The molecule has 0 aliphatic carbocycles. The van der Waals surface area contributed by atoms with E-state index in [1.165, 1.54) is 14.3 Å². The molecule has 54 valence electrons. The first kappa shape index (κ1) is 7.03. The van der Waals surface area contributed by atoms with Crippen molar-refractivity contribution in [1.29, 1.82) is 0 Å². The van der Waals surface area contributed by atoms with Crippen molar-refractivity contribution in [3.8, 4) is 0 Å². The Morgan fingerprint density at radius 2 is 1.91 bits per heavy atom. The molecule has 11 heavy (non-hydrogen) atoms. The van der Waals surface area contributed by atoms with E-state index in [0.717, 1.165) is 0 Å². The maximum Gasteiger partial charge on any atom is 0.0408 e. The maximum absolute atomic E-state index is 4.10. The van der Waals surface area contributed by atoms with E-state index < -0.39 is 0 Å². The number of nitrogens with zero attached hydrogens (tertiary/aromatic N) is 1. The zero-order valence-electron chi connectivity index (χ0n) is 5.79. The average molecular weight is 255 g/mol. The van der Waals surface area contributed by atoms with Gasteiger partial charge >= 0.3 is 0 Å². The molecular weight excluding hydrogens is 249 g/mol. The van der Waals surface area contributed by atoms with Gasteiger partial charge in [0.1, 0.15) is 0 Å². The Bertz CT molecular complexity index is 379.